The van der Waals surface area contributed by atoms with Gasteiger partial charge in [-0.05, 0) is 12.5 Å². The van der Waals surface area contributed by atoms with E-state index in [0.29, 0.717) is 17.5 Å². The van der Waals surface area contributed by atoms with E-state index in [9.17, 15) is 18.9 Å². The van der Waals surface area contributed by atoms with Gasteiger partial charge in [0.1, 0.15) is 5.01 Å². The lowest BCUT2D eigenvalue weighted by Gasteiger charge is -2.01. The number of nitro benzene ring substituents is 1. The number of hydrogen-bond donors (Lipinski definition) is 1. The van der Waals surface area contributed by atoms with Crippen LogP contribution >= 0.6 is 11.3 Å². The summed E-state index contributed by atoms with van der Waals surface area (Å²) in [6.45, 7) is 1.85. The maximum absolute atomic E-state index is 13.3. The highest BCUT2D eigenvalue weighted by molar-refractivity contribution is 7.14. The topological polar surface area (TPSA) is 94.9 Å². The number of rotatable bonds is 4. The van der Waals surface area contributed by atoms with Gasteiger partial charge in [0.25, 0.3) is 5.69 Å². The molecular weight excluding hydrogens is 290 g/mol. The SMILES string of the molecule is CCC(N)c1nnc(-c2cc(F)c(F)cc2[N+](=O)[O-])s1. The van der Waals surface area contributed by atoms with Gasteiger partial charge < -0.3 is 5.73 Å². The summed E-state index contributed by atoms with van der Waals surface area (Å²) in [4.78, 5) is 10.1. The van der Waals surface area contributed by atoms with E-state index in [1.54, 1.807) is 0 Å². The second-order valence-corrected chi connectivity index (χ2v) is 5.01. The van der Waals surface area contributed by atoms with Crippen LogP contribution in [0.2, 0.25) is 0 Å². The first-order chi connectivity index (χ1) is 9.43. The fraction of sp³-hybridized carbons (Fsp3) is 0.273. The van der Waals surface area contributed by atoms with Gasteiger partial charge in [0.15, 0.2) is 16.6 Å². The van der Waals surface area contributed by atoms with Crippen LogP contribution in [0.5, 0.6) is 0 Å². The molecule has 0 aliphatic rings. The van der Waals surface area contributed by atoms with Crippen LogP contribution in [0.25, 0.3) is 10.6 Å². The van der Waals surface area contributed by atoms with Crippen molar-refractivity contribution in [3.63, 3.8) is 0 Å². The van der Waals surface area contributed by atoms with E-state index in [0.717, 1.165) is 17.4 Å². The van der Waals surface area contributed by atoms with Gasteiger partial charge in [-0.3, -0.25) is 10.1 Å². The van der Waals surface area contributed by atoms with Crippen LogP contribution in [-0.2, 0) is 0 Å². The number of nitro groups is 1. The Bertz CT molecular complexity index is 662. The van der Waals surface area contributed by atoms with E-state index in [4.69, 9.17) is 5.73 Å². The summed E-state index contributed by atoms with van der Waals surface area (Å²) in [7, 11) is 0. The fourth-order valence-corrected chi connectivity index (χ4v) is 2.48. The molecule has 0 aliphatic heterocycles. The Labute approximate surface area is 116 Å². The van der Waals surface area contributed by atoms with Gasteiger partial charge in [-0.15, -0.1) is 10.2 Å². The molecule has 2 N–H and O–H groups in total. The van der Waals surface area contributed by atoms with Gasteiger partial charge in [-0.1, -0.05) is 18.3 Å². The lowest BCUT2D eigenvalue weighted by atomic mass is 10.2. The Morgan fingerprint density at radius 3 is 2.65 bits per heavy atom. The molecule has 0 radical (unpaired) electrons. The zero-order valence-corrected chi connectivity index (χ0v) is 11.2. The first kappa shape index (κ1) is 14.4. The zero-order valence-electron chi connectivity index (χ0n) is 10.3. The quantitative estimate of drug-likeness (QED) is 0.692. The molecular formula is C11H10F2N4O2S. The van der Waals surface area contributed by atoms with Crippen LogP contribution in [0.15, 0.2) is 12.1 Å². The Morgan fingerprint density at radius 1 is 1.40 bits per heavy atom. The second kappa shape index (κ2) is 5.55. The van der Waals surface area contributed by atoms with Gasteiger partial charge in [0, 0.05) is 0 Å². The van der Waals surface area contributed by atoms with E-state index in [1.807, 2.05) is 6.92 Å². The highest BCUT2D eigenvalue weighted by atomic mass is 32.1. The third-order valence-electron chi connectivity index (χ3n) is 2.66. The molecule has 1 aromatic heterocycles. The summed E-state index contributed by atoms with van der Waals surface area (Å²) >= 11 is 1.02. The molecule has 0 saturated heterocycles. The van der Waals surface area contributed by atoms with Crippen molar-refractivity contribution in [1.82, 2.24) is 10.2 Å². The maximum Gasteiger partial charge on any atom is 0.282 e. The third-order valence-corrected chi connectivity index (χ3v) is 3.75. The van der Waals surface area contributed by atoms with E-state index >= 15 is 0 Å². The van der Waals surface area contributed by atoms with Gasteiger partial charge in [-0.2, -0.15) is 0 Å². The molecule has 6 nitrogen and oxygen atoms in total. The largest absolute Gasteiger partial charge is 0.322 e. The molecule has 1 unspecified atom stereocenters. The molecule has 0 saturated carbocycles. The number of halogens is 2. The summed E-state index contributed by atoms with van der Waals surface area (Å²) in [5, 5.41) is 19.1. The average molecular weight is 300 g/mol. The predicted molar refractivity (Wildman–Crippen MR) is 69.1 cm³/mol. The Morgan fingerprint density at radius 2 is 2.05 bits per heavy atom. The first-order valence-electron chi connectivity index (χ1n) is 5.66. The lowest BCUT2D eigenvalue weighted by Crippen LogP contribution is -2.07. The Hall–Kier alpha value is -2.00. The minimum absolute atomic E-state index is 0.110. The minimum Gasteiger partial charge on any atom is -0.322 e. The van der Waals surface area contributed by atoms with Crippen LogP contribution in [0.1, 0.15) is 24.4 Å². The van der Waals surface area contributed by atoms with E-state index in [1.165, 1.54) is 0 Å². The number of nitrogens with two attached hydrogens (primary N) is 1. The summed E-state index contributed by atoms with van der Waals surface area (Å²) in [6, 6.07) is 0.936. The molecule has 2 aromatic rings. The van der Waals surface area contributed by atoms with Crippen molar-refractivity contribution in [3.8, 4) is 10.6 Å². The van der Waals surface area contributed by atoms with Gasteiger partial charge >= 0.3 is 0 Å². The van der Waals surface area contributed by atoms with Crippen LogP contribution < -0.4 is 5.73 Å². The third kappa shape index (κ3) is 2.63. The molecule has 0 amide bonds. The number of hydrogen-bond acceptors (Lipinski definition) is 6. The summed E-state index contributed by atoms with van der Waals surface area (Å²) < 4.78 is 26.4. The summed E-state index contributed by atoms with van der Waals surface area (Å²) in [6.07, 6.45) is 0.620. The standard InChI is InChI=1S/C11H10F2N4O2S/c1-2-8(14)11-16-15-10(20-11)5-3-6(12)7(13)4-9(5)17(18)19/h3-4,8H,2,14H2,1H3. The molecule has 0 fully saturated rings. The first-order valence-corrected chi connectivity index (χ1v) is 6.48. The smallest absolute Gasteiger partial charge is 0.282 e. The van der Waals surface area contributed by atoms with Crippen molar-refractivity contribution in [1.29, 1.82) is 0 Å². The van der Waals surface area contributed by atoms with Crippen molar-refractivity contribution in [2.45, 2.75) is 19.4 Å². The van der Waals surface area contributed by atoms with Crippen molar-refractivity contribution >= 4 is 17.0 Å². The second-order valence-electron chi connectivity index (χ2n) is 4.00. The molecule has 1 aromatic carbocycles. The van der Waals surface area contributed by atoms with Crippen molar-refractivity contribution < 1.29 is 13.7 Å². The highest BCUT2D eigenvalue weighted by Crippen LogP contribution is 2.34. The monoisotopic (exact) mass is 300 g/mol. The Balaban J connectivity index is 2.54. The normalized spacial score (nSPS) is 12.4. The van der Waals surface area contributed by atoms with Gasteiger partial charge in [0.05, 0.1) is 22.6 Å². The predicted octanol–water partition coefficient (Wildman–Crippen LogP) is 2.80. The molecule has 1 heterocycles. The fourth-order valence-electron chi connectivity index (χ4n) is 1.53. The minimum atomic E-state index is -1.28. The average Bonchev–Trinajstić information content (AvgIpc) is 2.89. The zero-order chi connectivity index (χ0) is 14.9. The number of aromatic nitrogens is 2. The van der Waals surface area contributed by atoms with E-state index in [-0.39, 0.29) is 16.6 Å². The Kier molecular flexibility index (Phi) is 4.00. The maximum atomic E-state index is 13.3. The lowest BCUT2D eigenvalue weighted by molar-refractivity contribution is -0.384. The summed E-state index contributed by atoms with van der Waals surface area (Å²) in [5.74, 6) is -2.46. The number of nitrogens with zero attached hydrogens (tertiary/aromatic N) is 3. The molecule has 1 atom stereocenters. The van der Waals surface area contributed by atoms with E-state index < -0.39 is 22.2 Å². The van der Waals surface area contributed by atoms with Crippen LogP contribution in [0.4, 0.5) is 14.5 Å². The highest BCUT2D eigenvalue weighted by Gasteiger charge is 2.23. The molecule has 0 bridgehead atoms. The molecule has 106 valence electrons. The van der Waals surface area contributed by atoms with Crippen molar-refractivity contribution in [3.05, 3.63) is 38.9 Å². The molecule has 0 aliphatic carbocycles. The molecule has 0 spiro atoms. The molecule has 2 rings (SSSR count). The molecule has 9 heteroatoms. The van der Waals surface area contributed by atoms with Gasteiger partial charge in [-0.25, -0.2) is 8.78 Å². The van der Waals surface area contributed by atoms with Crippen LogP contribution in [0.3, 0.4) is 0 Å². The molecule has 20 heavy (non-hydrogen) atoms. The summed E-state index contributed by atoms with van der Waals surface area (Å²) in [5.41, 5.74) is 5.11. The van der Waals surface area contributed by atoms with E-state index in [2.05, 4.69) is 10.2 Å². The van der Waals surface area contributed by atoms with Crippen LogP contribution in [0, 0.1) is 21.7 Å². The van der Waals surface area contributed by atoms with Crippen molar-refractivity contribution in [2.24, 2.45) is 5.73 Å². The number of benzene rings is 1. The van der Waals surface area contributed by atoms with Crippen molar-refractivity contribution in [2.75, 3.05) is 0 Å². The van der Waals surface area contributed by atoms with Gasteiger partial charge in [0.2, 0.25) is 0 Å². The van der Waals surface area contributed by atoms with Crippen LogP contribution in [-0.4, -0.2) is 15.1 Å².